The highest BCUT2D eigenvalue weighted by Gasteiger charge is 2.18. The van der Waals surface area contributed by atoms with Crippen LogP contribution in [0.5, 0.6) is 0 Å². The van der Waals surface area contributed by atoms with Crippen molar-refractivity contribution < 1.29 is 14.7 Å². The Morgan fingerprint density at radius 3 is 2.73 bits per heavy atom. The van der Waals surface area contributed by atoms with Gasteiger partial charge in [0.15, 0.2) is 0 Å². The molecular formula is C6H12N2O3. The molecule has 3 N–H and O–H groups in total. The number of hydroxylamine groups is 1. The Labute approximate surface area is 64.8 Å². The monoisotopic (exact) mass is 160 g/mol. The van der Waals surface area contributed by atoms with Gasteiger partial charge < -0.3 is 4.74 Å². The lowest BCUT2D eigenvalue weighted by atomic mass is 10.2. The Hall–Kier alpha value is -1.10. The van der Waals surface area contributed by atoms with E-state index in [-0.39, 0.29) is 12.4 Å². The number of carbonyl (C=O) groups excluding carboxylic acids is 1. The van der Waals surface area contributed by atoms with Crippen LogP contribution in [0.4, 0.5) is 0 Å². The molecule has 0 aromatic carbocycles. The molecule has 0 fully saturated rings. The van der Waals surface area contributed by atoms with Gasteiger partial charge in [-0.05, 0) is 13.8 Å². The van der Waals surface area contributed by atoms with Crippen molar-refractivity contribution in [3.63, 3.8) is 0 Å². The van der Waals surface area contributed by atoms with Gasteiger partial charge in [0.05, 0.1) is 6.61 Å². The van der Waals surface area contributed by atoms with Crippen LogP contribution in [0.3, 0.4) is 0 Å². The zero-order valence-electron chi connectivity index (χ0n) is 6.55. The van der Waals surface area contributed by atoms with Crippen LogP contribution < -0.4 is 5.48 Å². The summed E-state index contributed by atoms with van der Waals surface area (Å²) in [6, 6.07) is 0. The van der Waals surface area contributed by atoms with Crippen molar-refractivity contribution in [3.05, 3.63) is 0 Å². The first kappa shape index (κ1) is 9.90. The number of amidine groups is 1. The van der Waals surface area contributed by atoms with Crippen LogP contribution in [-0.2, 0) is 9.53 Å². The van der Waals surface area contributed by atoms with Gasteiger partial charge in [-0.2, -0.15) is 0 Å². The maximum atomic E-state index is 10.8. The van der Waals surface area contributed by atoms with Gasteiger partial charge in [-0.1, -0.05) is 0 Å². The lowest BCUT2D eigenvalue weighted by Crippen LogP contribution is -2.31. The topological polar surface area (TPSA) is 82.4 Å². The average molecular weight is 160 g/mol. The van der Waals surface area contributed by atoms with E-state index in [9.17, 15) is 4.79 Å². The molecule has 0 aliphatic heterocycles. The summed E-state index contributed by atoms with van der Waals surface area (Å²) in [7, 11) is 0. The molecular weight excluding hydrogens is 148 g/mol. The molecule has 1 atom stereocenters. The molecule has 0 bridgehead atoms. The number of hydrogen-bond acceptors (Lipinski definition) is 4. The molecule has 0 aromatic heterocycles. The van der Waals surface area contributed by atoms with Crippen LogP contribution in [0.15, 0.2) is 0 Å². The molecule has 0 amide bonds. The maximum Gasteiger partial charge on any atom is 0.316 e. The van der Waals surface area contributed by atoms with Crippen molar-refractivity contribution in [3.8, 4) is 0 Å². The predicted octanol–water partition coefficient (Wildman–Crippen LogP) is 0.142. The van der Waals surface area contributed by atoms with E-state index < -0.39 is 11.9 Å². The first-order valence-corrected chi connectivity index (χ1v) is 3.28. The molecule has 0 saturated heterocycles. The van der Waals surface area contributed by atoms with Gasteiger partial charge in [-0.15, -0.1) is 0 Å². The third kappa shape index (κ3) is 2.99. The number of rotatable bonds is 3. The summed E-state index contributed by atoms with van der Waals surface area (Å²) in [5.74, 6) is -1.51. The number of esters is 1. The highest BCUT2D eigenvalue weighted by Crippen LogP contribution is 1.97. The fraction of sp³-hybridized carbons (Fsp3) is 0.667. The predicted molar refractivity (Wildman–Crippen MR) is 38.4 cm³/mol. The van der Waals surface area contributed by atoms with Crippen LogP contribution in [0.25, 0.3) is 0 Å². The van der Waals surface area contributed by atoms with Gasteiger partial charge in [0.2, 0.25) is 0 Å². The van der Waals surface area contributed by atoms with Gasteiger partial charge in [-0.3, -0.25) is 20.9 Å². The van der Waals surface area contributed by atoms with E-state index in [1.165, 1.54) is 6.92 Å². The zero-order chi connectivity index (χ0) is 8.85. The second kappa shape index (κ2) is 4.68. The lowest BCUT2D eigenvalue weighted by molar-refractivity contribution is -0.145. The van der Waals surface area contributed by atoms with Crippen LogP contribution >= 0.6 is 0 Å². The van der Waals surface area contributed by atoms with Gasteiger partial charge in [0.25, 0.3) is 0 Å². The molecule has 0 aromatic rings. The standard InChI is InChI=1S/C6H12N2O3/c1-3-11-6(9)4(2)5(7)8-10/h4,10H,3H2,1-2H3,(H2,7,8). The van der Waals surface area contributed by atoms with Crippen molar-refractivity contribution in [2.24, 2.45) is 5.92 Å². The summed E-state index contributed by atoms with van der Waals surface area (Å²) in [4.78, 5) is 10.8. The maximum absolute atomic E-state index is 10.8. The summed E-state index contributed by atoms with van der Waals surface area (Å²) < 4.78 is 4.60. The minimum absolute atomic E-state index is 0.261. The summed E-state index contributed by atoms with van der Waals surface area (Å²) >= 11 is 0. The minimum atomic E-state index is -0.736. The molecule has 64 valence electrons. The van der Waals surface area contributed by atoms with E-state index in [0.717, 1.165) is 0 Å². The second-order valence-corrected chi connectivity index (χ2v) is 2.00. The van der Waals surface area contributed by atoms with Crippen molar-refractivity contribution in [2.45, 2.75) is 13.8 Å². The quantitative estimate of drug-likeness (QED) is 0.237. The molecule has 0 aliphatic rings. The van der Waals surface area contributed by atoms with Crippen LogP contribution in [0.2, 0.25) is 0 Å². The molecule has 0 saturated carbocycles. The second-order valence-electron chi connectivity index (χ2n) is 2.00. The van der Waals surface area contributed by atoms with Crippen molar-refractivity contribution >= 4 is 11.8 Å². The Kier molecular flexibility index (Phi) is 4.21. The summed E-state index contributed by atoms with van der Waals surface area (Å²) in [6.45, 7) is 3.44. The van der Waals surface area contributed by atoms with Gasteiger partial charge >= 0.3 is 5.97 Å². The average Bonchev–Trinajstić information content (AvgIpc) is 2.02. The Morgan fingerprint density at radius 1 is 1.82 bits per heavy atom. The number of carbonyl (C=O) groups is 1. The van der Waals surface area contributed by atoms with Gasteiger partial charge in [0.1, 0.15) is 11.8 Å². The largest absolute Gasteiger partial charge is 0.465 e. The molecule has 5 nitrogen and oxygen atoms in total. The highest BCUT2D eigenvalue weighted by molar-refractivity contribution is 5.98. The highest BCUT2D eigenvalue weighted by atomic mass is 16.5. The Balaban J connectivity index is 3.91. The first-order valence-electron chi connectivity index (χ1n) is 3.28. The number of nitrogens with one attached hydrogen (secondary N) is 2. The van der Waals surface area contributed by atoms with Gasteiger partial charge in [0, 0.05) is 0 Å². The SMILES string of the molecule is CCOC(=O)C(C)C(=N)NO. The van der Waals surface area contributed by atoms with E-state index in [1.54, 1.807) is 12.4 Å². The Morgan fingerprint density at radius 2 is 2.36 bits per heavy atom. The van der Waals surface area contributed by atoms with Crippen LogP contribution in [-0.4, -0.2) is 23.6 Å². The third-order valence-electron chi connectivity index (χ3n) is 1.19. The normalized spacial score (nSPS) is 11.9. The summed E-state index contributed by atoms with van der Waals surface area (Å²) in [5.41, 5.74) is 1.59. The van der Waals surface area contributed by atoms with E-state index in [0.29, 0.717) is 0 Å². The van der Waals surface area contributed by atoms with E-state index in [1.807, 2.05) is 0 Å². The van der Waals surface area contributed by atoms with E-state index >= 15 is 0 Å². The van der Waals surface area contributed by atoms with Crippen LogP contribution in [0.1, 0.15) is 13.8 Å². The summed E-state index contributed by atoms with van der Waals surface area (Å²) in [5, 5.41) is 15.2. The number of ether oxygens (including phenoxy) is 1. The molecule has 0 aliphatic carbocycles. The molecule has 0 rings (SSSR count). The van der Waals surface area contributed by atoms with E-state index in [2.05, 4.69) is 4.74 Å². The summed E-state index contributed by atoms with van der Waals surface area (Å²) in [6.07, 6.45) is 0. The minimum Gasteiger partial charge on any atom is -0.465 e. The lowest BCUT2D eigenvalue weighted by Gasteiger charge is -2.09. The van der Waals surface area contributed by atoms with Crippen LogP contribution in [0, 0.1) is 11.3 Å². The molecule has 5 heteroatoms. The molecule has 1 unspecified atom stereocenters. The smallest absolute Gasteiger partial charge is 0.316 e. The Bertz CT molecular complexity index is 158. The van der Waals surface area contributed by atoms with Crippen molar-refractivity contribution in [1.82, 2.24) is 5.48 Å². The van der Waals surface area contributed by atoms with Crippen molar-refractivity contribution in [1.29, 1.82) is 5.41 Å². The molecule has 0 heterocycles. The number of hydrogen-bond donors (Lipinski definition) is 3. The zero-order valence-corrected chi connectivity index (χ0v) is 6.55. The first-order chi connectivity index (χ1) is 5.13. The fourth-order valence-corrected chi connectivity index (χ4v) is 0.482. The van der Waals surface area contributed by atoms with Gasteiger partial charge in [-0.25, -0.2) is 0 Å². The van der Waals surface area contributed by atoms with E-state index in [4.69, 9.17) is 10.6 Å². The fourth-order valence-electron chi connectivity index (χ4n) is 0.482. The molecule has 0 spiro atoms. The molecule has 0 radical (unpaired) electrons. The van der Waals surface area contributed by atoms with Crippen molar-refractivity contribution in [2.75, 3.05) is 6.61 Å². The molecule has 11 heavy (non-hydrogen) atoms. The third-order valence-corrected chi connectivity index (χ3v) is 1.19.